The minimum Gasteiger partial charge on any atom is -0.465 e. The third-order valence-electron chi connectivity index (χ3n) is 3.92. The molecular formula is C15H22BFO4. The summed E-state index contributed by atoms with van der Waals surface area (Å²) in [5.74, 6) is -1.00. The van der Waals surface area contributed by atoms with Crippen LogP contribution in [0.1, 0.15) is 45.5 Å². The zero-order valence-electron chi connectivity index (χ0n) is 12.3. The molecule has 1 aliphatic heterocycles. The van der Waals surface area contributed by atoms with E-state index in [0.29, 0.717) is 0 Å². The maximum absolute atomic E-state index is 14.0. The maximum Gasteiger partial charge on any atom is 0.497 e. The lowest BCUT2D eigenvalue weighted by Crippen LogP contribution is -2.41. The molecule has 116 valence electrons. The molecule has 21 heavy (non-hydrogen) atoms. The molecule has 0 radical (unpaired) electrons. The fourth-order valence-electron chi connectivity index (χ4n) is 1.94. The molecule has 0 aliphatic carbocycles. The Bertz CT molecular complexity index is 526. The van der Waals surface area contributed by atoms with E-state index in [9.17, 15) is 9.18 Å². The van der Waals surface area contributed by atoms with Gasteiger partial charge in [0, 0.05) is 5.46 Å². The van der Waals surface area contributed by atoms with Crippen LogP contribution in [0.15, 0.2) is 18.2 Å². The second-order valence-corrected chi connectivity index (χ2v) is 5.82. The molecule has 2 rings (SSSR count). The number of hydrogen-bond donors (Lipinski definition) is 0. The van der Waals surface area contributed by atoms with Crippen molar-refractivity contribution in [3.63, 3.8) is 0 Å². The van der Waals surface area contributed by atoms with Crippen molar-refractivity contribution in [3.8, 4) is 0 Å². The molecule has 1 aromatic rings. The van der Waals surface area contributed by atoms with E-state index in [0.717, 1.165) is 0 Å². The molecule has 0 aromatic heterocycles. The first-order chi connectivity index (χ1) is 9.18. The fourth-order valence-corrected chi connectivity index (χ4v) is 1.94. The van der Waals surface area contributed by atoms with Gasteiger partial charge in [0.2, 0.25) is 0 Å². The lowest BCUT2D eigenvalue weighted by Gasteiger charge is -2.32. The molecule has 0 spiro atoms. The molecular weight excluding hydrogens is 274 g/mol. The van der Waals surface area contributed by atoms with Crippen molar-refractivity contribution in [2.75, 3.05) is 7.11 Å². The Kier molecular flexibility index (Phi) is 4.85. The first-order valence-corrected chi connectivity index (χ1v) is 6.41. The Balaban J connectivity index is 0.00000220. The summed E-state index contributed by atoms with van der Waals surface area (Å²) in [6.07, 6.45) is 0. The quantitative estimate of drug-likeness (QED) is 0.621. The molecule has 6 heteroatoms. The van der Waals surface area contributed by atoms with Gasteiger partial charge in [0.1, 0.15) is 5.82 Å². The Hall–Kier alpha value is -1.40. The predicted molar refractivity (Wildman–Crippen MR) is 80.2 cm³/mol. The van der Waals surface area contributed by atoms with Crippen LogP contribution in [0.25, 0.3) is 0 Å². The number of methoxy groups -OCH3 is 1. The van der Waals surface area contributed by atoms with Crippen LogP contribution in [0.2, 0.25) is 0 Å². The Morgan fingerprint density at radius 1 is 1.19 bits per heavy atom. The largest absolute Gasteiger partial charge is 0.497 e. The van der Waals surface area contributed by atoms with Gasteiger partial charge in [0.25, 0.3) is 0 Å². The van der Waals surface area contributed by atoms with Crippen LogP contribution in [0.4, 0.5) is 4.39 Å². The standard InChI is InChI=1S/C14H18BFO4.CH4/c1-13(2)14(3,4)20-15(19-13)10-8-9(12(17)18-5)6-7-11(10)16;/h6-8H,1-5H3;1H4. The number of hydrogen-bond acceptors (Lipinski definition) is 4. The van der Waals surface area contributed by atoms with Crippen LogP contribution in [0.5, 0.6) is 0 Å². The van der Waals surface area contributed by atoms with Gasteiger partial charge in [-0.25, -0.2) is 9.18 Å². The minimum absolute atomic E-state index is 0. The zero-order chi connectivity index (χ0) is 15.1. The summed E-state index contributed by atoms with van der Waals surface area (Å²) in [5, 5.41) is 0. The van der Waals surface area contributed by atoms with Crippen molar-refractivity contribution < 1.29 is 23.2 Å². The topological polar surface area (TPSA) is 44.8 Å². The fraction of sp³-hybridized carbons (Fsp3) is 0.533. The number of benzene rings is 1. The lowest BCUT2D eigenvalue weighted by molar-refractivity contribution is 0.00578. The number of esters is 1. The predicted octanol–water partition coefficient (Wildman–Crippen LogP) is 2.55. The van der Waals surface area contributed by atoms with E-state index in [2.05, 4.69) is 4.74 Å². The average Bonchev–Trinajstić information content (AvgIpc) is 2.58. The Morgan fingerprint density at radius 3 is 2.19 bits per heavy atom. The molecule has 0 unspecified atom stereocenters. The van der Waals surface area contributed by atoms with Gasteiger partial charge in [-0.05, 0) is 45.9 Å². The normalized spacial score (nSPS) is 19.0. The van der Waals surface area contributed by atoms with Gasteiger partial charge in [-0.1, -0.05) is 7.43 Å². The summed E-state index contributed by atoms with van der Waals surface area (Å²) in [5.41, 5.74) is -0.665. The molecule has 1 saturated heterocycles. The van der Waals surface area contributed by atoms with Crippen LogP contribution in [0.3, 0.4) is 0 Å². The molecule has 1 aliphatic rings. The third kappa shape index (κ3) is 3.11. The molecule has 1 fully saturated rings. The van der Waals surface area contributed by atoms with E-state index in [1.165, 1.54) is 25.3 Å². The summed E-state index contributed by atoms with van der Waals surface area (Å²) in [6, 6.07) is 3.99. The average molecular weight is 296 g/mol. The van der Waals surface area contributed by atoms with E-state index in [1.807, 2.05) is 27.7 Å². The van der Waals surface area contributed by atoms with Crippen molar-refractivity contribution in [1.82, 2.24) is 0 Å². The van der Waals surface area contributed by atoms with Gasteiger partial charge < -0.3 is 14.0 Å². The second kappa shape index (κ2) is 5.77. The molecule has 0 amide bonds. The van der Waals surface area contributed by atoms with Gasteiger partial charge >= 0.3 is 13.1 Å². The van der Waals surface area contributed by atoms with Crippen molar-refractivity contribution in [1.29, 1.82) is 0 Å². The number of rotatable bonds is 2. The smallest absolute Gasteiger partial charge is 0.465 e. The Labute approximate surface area is 125 Å². The highest BCUT2D eigenvalue weighted by atomic mass is 19.1. The second-order valence-electron chi connectivity index (χ2n) is 5.82. The monoisotopic (exact) mass is 296 g/mol. The van der Waals surface area contributed by atoms with Gasteiger partial charge in [-0.3, -0.25) is 0 Å². The van der Waals surface area contributed by atoms with Crippen molar-refractivity contribution in [2.24, 2.45) is 0 Å². The van der Waals surface area contributed by atoms with E-state index >= 15 is 0 Å². The van der Waals surface area contributed by atoms with Crippen LogP contribution in [-0.2, 0) is 14.0 Å². The highest BCUT2D eigenvalue weighted by molar-refractivity contribution is 6.62. The van der Waals surface area contributed by atoms with Crippen molar-refractivity contribution in [2.45, 2.75) is 46.3 Å². The molecule has 1 heterocycles. The summed E-state index contributed by atoms with van der Waals surface area (Å²) >= 11 is 0. The van der Waals surface area contributed by atoms with Crippen LogP contribution in [0, 0.1) is 5.82 Å². The van der Waals surface area contributed by atoms with Crippen molar-refractivity contribution >= 4 is 18.6 Å². The summed E-state index contributed by atoms with van der Waals surface area (Å²) in [6.45, 7) is 7.54. The highest BCUT2D eigenvalue weighted by Gasteiger charge is 2.52. The lowest BCUT2D eigenvalue weighted by atomic mass is 9.78. The summed E-state index contributed by atoms with van der Waals surface area (Å²) in [7, 11) is 0.435. The molecule has 0 atom stereocenters. The highest BCUT2D eigenvalue weighted by Crippen LogP contribution is 2.36. The molecule has 0 N–H and O–H groups in total. The first kappa shape index (κ1) is 17.7. The van der Waals surface area contributed by atoms with Crippen LogP contribution in [-0.4, -0.2) is 31.4 Å². The number of ether oxygens (including phenoxy) is 1. The number of carbonyl (C=O) groups excluding carboxylic acids is 1. The summed E-state index contributed by atoms with van der Waals surface area (Å²) < 4.78 is 30.2. The zero-order valence-corrected chi connectivity index (χ0v) is 12.3. The minimum atomic E-state index is -0.843. The number of halogens is 1. The van der Waals surface area contributed by atoms with E-state index < -0.39 is 30.1 Å². The molecule has 1 aromatic carbocycles. The number of carbonyl (C=O) groups is 1. The molecule has 4 nitrogen and oxygen atoms in total. The van der Waals surface area contributed by atoms with Crippen LogP contribution >= 0.6 is 0 Å². The van der Waals surface area contributed by atoms with E-state index in [4.69, 9.17) is 9.31 Å². The summed E-state index contributed by atoms with van der Waals surface area (Å²) in [4.78, 5) is 11.5. The maximum atomic E-state index is 14.0. The van der Waals surface area contributed by atoms with Gasteiger partial charge in [0.05, 0.1) is 23.9 Å². The van der Waals surface area contributed by atoms with Crippen LogP contribution < -0.4 is 5.46 Å². The molecule has 0 bridgehead atoms. The van der Waals surface area contributed by atoms with E-state index in [-0.39, 0.29) is 18.5 Å². The Morgan fingerprint density at radius 2 is 1.71 bits per heavy atom. The SMILES string of the molecule is C.COC(=O)c1ccc(F)c(B2OC(C)(C)C(C)(C)O2)c1. The van der Waals surface area contributed by atoms with Gasteiger partial charge in [-0.15, -0.1) is 0 Å². The van der Waals surface area contributed by atoms with Gasteiger partial charge in [0.15, 0.2) is 0 Å². The van der Waals surface area contributed by atoms with Crippen molar-refractivity contribution in [3.05, 3.63) is 29.6 Å². The molecule has 0 saturated carbocycles. The van der Waals surface area contributed by atoms with E-state index in [1.54, 1.807) is 0 Å². The first-order valence-electron chi connectivity index (χ1n) is 6.41. The third-order valence-corrected chi connectivity index (χ3v) is 3.92. The van der Waals surface area contributed by atoms with Gasteiger partial charge in [-0.2, -0.15) is 0 Å².